The van der Waals surface area contributed by atoms with Gasteiger partial charge >= 0.3 is 0 Å². The van der Waals surface area contributed by atoms with Crippen LogP contribution in [0.3, 0.4) is 0 Å². The number of aromatic nitrogens is 2. The second kappa shape index (κ2) is 9.33. The van der Waals surface area contributed by atoms with Crippen LogP contribution < -0.4 is 15.6 Å². The molecular weight excluding hydrogens is 400 g/mol. The summed E-state index contributed by atoms with van der Waals surface area (Å²) < 4.78 is 33.0. The quantitative estimate of drug-likeness (QED) is 0.452. The maximum atomic E-state index is 13.7. The summed E-state index contributed by atoms with van der Waals surface area (Å²) in [5.74, 6) is -1.75. The van der Waals surface area contributed by atoms with Gasteiger partial charge < -0.3 is 15.0 Å². The highest BCUT2D eigenvalue weighted by Crippen LogP contribution is 2.23. The number of hydrogen-bond donors (Lipinski definition) is 2. The highest BCUT2D eigenvalue weighted by Gasteiger charge is 2.19. The van der Waals surface area contributed by atoms with Crippen LogP contribution in [-0.4, -0.2) is 21.1 Å². The highest BCUT2D eigenvalue weighted by molar-refractivity contribution is 8.00. The molecule has 1 unspecified atom stereocenters. The van der Waals surface area contributed by atoms with Crippen molar-refractivity contribution >= 4 is 23.4 Å². The topological polar surface area (TPSA) is 84.1 Å². The summed E-state index contributed by atoms with van der Waals surface area (Å²) in [6.45, 7) is 1.61. The Morgan fingerprint density at radius 3 is 2.55 bits per heavy atom. The molecular formula is C20H17F2N3O3S. The summed E-state index contributed by atoms with van der Waals surface area (Å²) in [4.78, 5) is 31.0. The van der Waals surface area contributed by atoms with Crippen LogP contribution in [0.2, 0.25) is 0 Å². The maximum absolute atomic E-state index is 13.7. The molecule has 0 bridgehead atoms. The fourth-order valence-electron chi connectivity index (χ4n) is 2.35. The molecule has 0 saturated carbocycles. The van der Waals surface area contributed by atoms with Crippen LogP contribution in [0.15, 0.2) is 64.5 Å². The summed E-state index contributed by atoms with van der Waals surface area (Å²) in [5, 5.41) is 1.64. The van der Waals surface area contributed by atoms with Crippen LogP contribution in [0.5, 0.6) is 5.75 Å². The van der Waals surface area contributed by atoms with Gasteiger partial charge in [-0.3, -0.25) is 9.59 Å². The molecule has 3 rings (SSSR count). The molecule has 150 valence electrons. The zero-order valence-corrected chi connectivity index (χ0v) is 16.1. The highest BCUT2D eigenvalue weighted by atomic mass is 32.2. The molecule has 0 spiro atoms. The van der Waals surface area contributed by atoms with Crippen molar-refractivity contribution in [2.75, 3.05) is 5.32 Å². The molecule has 6 nitrogen and oxygen atoms in total. The minimum Gasteiger partial charge on any atom is -0.487 e. The first-order chi connectivity index (χ1) is 13.9. The van der Waals surface area contributed by atoms with E-state index in [1.54, 1.807) is 12.1 Å². The molecule has 1 amide bonds. The van der Waals surface area contributed by atoms with Gasteiger partial charge in [-0.15, -0.1) is 0 Å². The number of para-hydroxylation sites is 2. The number of amides is 1. The molecule has 0 aliphatic heterocycles. The monoisotopic (exact) mass is 417 g/mol. The first-order valence-corrected chi connectivity index (χ1v) is 9.50. The predicted molar refractivity (Wildman–Crippen MR) is 106 cm³/mol. The second-order valence-electron chi connectivity index (χ2n) is 5.99. The number of carbonyl (C=O) groups is 1. The molecule has 3 aromatic rings. The smallest absolute Gasteiger partial charge is 0.251 e. The minimum atomic E-state index is -0.873. The van der Waals surface area contributed by atoms with E-state index in [4.69, 9.17) is 4.74 Å². The van der Waals surface area contributed by atoms with Crippen LogP contribution in [-0.2, 0) is 11.4 Å². The molecule has 0 radical (unpaired) electrons. The van der Waals surface area contributed by atoms with E-state index < -0.39 is 34.0 Å². The molecule has 1 heterocycles. The number of nitrogens with one attached hydrogen (secondary N) is 2. The third-order valence-electron chi connectivity index (χ3n) is 3.77. The number of rotatable bonds is 7. The normalized spacial score (nSPS) is 11.7. The molecule has 0 aliphatic rings. The van der Waals surface area contributed by atoms with Crippen molar-refractivity contribution in [2.24, 2.45) is 0 Å². The van der Waals surface area contributed by atoms with E-state index in [2.05, 4.69) is 15.3 Å². The second-order valence-corrected chi connectivity index (χ2v) is 7.32. The molecule has 0 saturated heterocycles. The van der Waals surface area contributed by atoms with Crippen LogP contribution >= 0.6 is 11.8 Å². The largest absolute Gasteiger partial charge is 0.487 e. The fourth-order valence-corrected chi connectivity index (χ4v) is 3.18. The zero-order chi connectivity index (χ0) is 20.8. The molecule has 9 heteroatoms. The number of hydrogen-bond acceptors (Lipinski definition) is 5. The summed E-state index contributed by atoms with van der Waals surface area (Å²) in [5.41, 5.74) is -0.536. The number of benzene rings is 2. The third kappa shape index (κ3) is 5.64. The van der Waals surface area contributed by atoms with Gasteiger partial charge in [0.05, 0.1) is 10.9 Å². The number of thioether (sulfide) groups is 1. The third-order valence-corrected chi connectivity index (χ3v) is 4.76. The van der Waals surface area contributed by atoms with Gasteiger partial charge in [0, 0.05) is 6.07 Å². The zero-order valence-electron chi connectivity index (χ0n) is 15.3. The average molecular weight is 417 g/mol. The lowest BCUT2D eigenvalue weighted by atomic mass is 10.3. The molecule has 2 aromatic carbocycles. The Bertz CT molecular complexity index is 1040. The Labute approximate surface area is 169 Å². The van der Waals surface area contributed by atoms with E-state index in [0.29, 0.717) is 11.4 Å². The molecule has 29 heavy (non-hydrogen) atoms. The van der Waals surface area contributed by atoms with Gasteiger partial charge in [-0.1, -0.05) is 36.0 Å². The van der Waals surface area contributed by atoms with Crippen molar-refractivity contribution in [3.8, 4) is 5.75 Å². The van der Waals surface area contributed by atoms with Gasteiger partial charge in [-0.25, -0.2) is 13.8 Å². The Balaban J connectivity index is 1.66. The van der Waals surface area contributed by atoms with Gasteiger partial charge in [0.25, 0.3) is 5.56 Å². The van der Waals surface area contributed by atoms with E-state index in [1.807, 2.05) is 18.2 Å². The molecule has 1 aromatic heterocycles. The van der Waals surface area contributed by atoms with Crippen LogP contribution in [0.1, 0.15) is 12.6 Å². The summed E-state index contributed by atoms with van der Waals surface area (Å²) in [7, 11) is 0. The fraction of sp³-hybridized carbons (Fsp3) is 0.150. The number of H-pyrrole nitrogens is 1. The van der Waals surface area contributed by atoms with Crippen molar-refractivity contribution in [1.82, 2.24) is 9.97 Å². The maximum Gasteiger partial charge on any atom is 0.251 e. The Hall–Kier alpha value is -3.20. The van der Waals surface area contributed by atoms with E-state index in [0.717, 1.165) is 23.9 Å². The van der Waals surface area contributed by atoms with E-state index in [9.17, 15) is 18.4 Å². The first-order valence-electron chi connectivity index (χ1n) is 8.62. The summed E-state index contributed by atoms with van der Waals surface area (Å²) in [6.07, 6.45) is 0. The molecule has 0 fully saturated rings. The number of ether oxygens (including phenoxy) is 1. The summed E-state index contributed by atoms with van der Waals surface area (Å²) >= 11 is 0.953. The Kier molecular flexibility index (Phi) is 6.61. The van der Waals surface area contributed by atoms with Crippen LogP contribution in [0, 0.1) is 11.6 Å². The van der Waals surface area contributed by atoms with Gasteiger partial charge in [0.1, 0.15) is 29.7 Å². The van der Waals surface area contributed by atoms with E-state index in [-0.39, 0.29) is 11.8 Å². The number of aromatic amines is 1. The lowest BCUT2D eigenvalue weighted by Gasteiger charge is -2.13. The Morgan fingerprint density at radius 1 is 1.17 bits per heavy atom. The molecule has 1 atom stereocenters. The average Bonchev–Trinajstić information content (AvgIpc) is 2.69. The van der Waals surface area contributed by atoms with Crippen LogP contribution in [0.25, 0.3) is 0 Å². The Morgan fingerprint density at radius 2 is 1.86 bits per heavy atom. The number of nitrogens with zero attached hydrogens (tertiary/aromatic N) is 1. The van der Waals surface area contributed by atoms with E-state index >= 15 is 0 Å². The van der Waals surface area contributed by atoms with Crippen molar-refractivity contribution in [2.45, 2.75) is 23.9 Å². The standard InChI is InChI=1S/C20H17F2N3O3S/c1-12(19(27)25-18-15(21)8-5-9-16(18)22)29-20-23-13(10-17(26)24-20)11-28-14-6-3-2-4-7-14/h2-10,12H,11H2,1H3,(H,25,27)(H,23,24,26). The molecule has 2 N–H and O–H groups in total. The van der Waals surface area contributed by atoms with E-state index in [1.165, 1.54) is 19.1 Å². The van der Waals surface area contributed by atoms with Crippen molar-refractivity contribution < 1.29 is 18.3 Å². The van der Waals surface area contributed by atoms with Gasteiger partial charge in [-0.05, 0) is 31.2 Å². The van der Waals surface area contributed by atoms with Gasteiger partial charge in [-0.2, -0.15) is 0 Å². The van der Waals surface area contributed by atoms with Crippen molar-refractivity contribution in [1.29, 1.82) is 0 Å². The lowest BCUT2D eigenvalue weighted by molar-refractivity contribution is -0.115. The number of carbonyl (C=O) groups excluding carboxylic acids is 1. The van der Waals surface area contributed by atoms with Crippen LogP contribution in [0.4, 0.5) is 14.5 Å². The summed E-state index contributed by atoms with van der Waals surface area (Å²) in [6, 6.07) is 13.6. The SMILES string of the molecule is CC(Sc1nc(COc2ccccc2)cc(=O)[nH]1)C(=O)Nc1c(F)cccc1F. The first kappa shape index (κ1) is 20.5. The number of halogens is 2. The predicted octanol–water partition coefficient (Wildman–Crippen LogP) is 3.75. The van der Waals surface area contributed by atoms with Crippen molar-refractivity contribution in [3.05, 3.63) is 82.3 Å². The van der Waals surface area contributed by atoms with Crippen molar-refractivity contribution in [3.63, 3.8) is 0 Å². The van der Waals surface area contributed by atoms with Gasteiger partial charge in [0.15, 0.2) is 5.16 Å². The number of anilines is 1. The minimum absolute atomic E-state index is 0.0719. The molecule has 0 aliphatic carbocycles. The lowest BCUT2D eigenvalue weighted by Crippen LogP contribution is -2.24. The van der Waals surface area contributed by atoms with Gasteiger partial charge in [0.2, 0.25) is 5.91 Å².